The second-order valence-corrected chi connectivity index (χ2v) is 5.89. The summed E-state index contributed by atoms with van der Waals surface area (Å²) >= 11 is 0. The molecule has 0 aromatic carbocycles. The van der Waals surface area contributed by atoms with E-state index in [4.69, 9.17) is 0 Å². The summed E-state index contributed by atoms with van der Waals surface area (Å²) in [6.45, 7) is 7.39. The molecule has 0 unspecified atom stereocenters. The van der Waals surface area contributed by atoms with E-state index in [1.165, 1.54) is 25.7 Å². The number of imidazole rings is 1. The largest absolute Gasteiger partial charge is 0.354 e. The Morgan fingerprint density at radius 2 is 2.24 bits per heavy atom. The minimum atomic E-state index is 0.527. The molecule has 2 N–H and O–H groups in total. The van der Waals surface area contributed by atoms with Crippen LogP contribution in [0, 0.1) is 5.92 Å². The second-order valence-electron chi connectivity index (χ2n) is 5.89. The predicted molar refractivity (Wildman–Crippen MR) is 87.1 cm³/mol. The number of hydrogen-bond donors (Lipinski definition) is 2. The highest BCUT2D eigenvalue weighted by molar-refractivity contribution is 5.80. The summed E-state index contributed by atoms with van der Waals surface area (Å²) in [5.74, 6) is 2.68. The van der Waals surface area contributed by atoms with Crippen LogP contribution in [0.15, 0.2) is 30.0 Å². The van der Waals surface area contributed by atoms with Crippen molar-refractivity contribution in [2.75, 3.05) is 6.54 Å². The van der Waals surface area contributed by atoms with Crippen molar-refractivity contribution in [1.29, 1.82) is 0 Å². The SMILES string of the molecule is C=CCNC(=NCc1nccn1C)NC1CCC(C)CC1. The van der Waals surface area contributed by atoms with E-state index < -0.39 is 0 Å². The Hall–Kier alpha value is -1.78. The van der Waals surface area contributed by atoms with Crippen LogP contribution in [0.5, 0.6) is 0 Å². The lowest BCUT2D eigenvalue weighted by Gasteiger charge is -2.28. The Bertz CT molecular complexity index is 469. The molecule has 5 heteroatoms. The van der Waals surface area contributed by atoms with Gasteiger partial charge in [-0.3, -0.25) is 0 Å². The summed E-state index contributed by atoms with van der Waals surface area (Å²) in [6.07, 6.45) is 10.6. The van der Waals surface area contributed by atoms with Gasteiger partial charge in [0.1, 0.15) is 12.4 Å². The summed E-state index contributed by atoms with van der Waals surface area (Å²) in [5.41, 5.74) is 0. The van der Waals surface area contributed by atoms with Crippen LogP contribution in [0.1, 0.15) is 38.4 Å². The van der Waals surface area contributed by atoms with Crippen LogP contribution in [0.25, 0.3) is 0 Å². The molecule has 0 atom stereocenters. The van der Waals surface area contributed by atoms with Crippen LogP contribution in [0.4, 0.5) is 0 Å². The van der Waals surface area contributed by atoms with Gasteiger partial charge in [0.2, 0.25) is 0 Å². The first-order chi connectivity index (χ1) is 10.2. The Balaban J connectivity index is 1.93. The van der Waals surface area contributed by atoms with Gasteiger partial charge >= 0.3 is 0 Å². The molecular weight excluding hydrogens is 262 g/mol. The van der Waals surface area contributed by atoms with Gasteiger partial charge in [-0.2, -0.15) is 0 Å². The van der Waals surface area contributed by atoms with E-state index in [0.29, 0.717) is 12.6 Å². The van der Waals surface area contributed by atoms with Crippen LogP contribution < -0.4 is 10.6 Å². The molecular formula is C16H27N5. The van der Waals surface area contributed by atoms with Crippen molar-refractivity contribution >= 4 is 5.96 Å². The molecule has 1 aliphatic rings. The van der Waals surface area contributed by atoms with E-state index >= 15 is 0 Å². The van der Waals surface area contributed by atoms with Crippen LogP contribution in [0.2, 0.25) is 0 Å². The predicted octanol–water partition coefficient (Wildman–Crippen LogP) is 2.22. The van der Waals surface area contributed by atoms with E-state index in [2.05, 4.69) is 34.1 Å². The molecule has 0 bridgehead atoms. The fraction of sp³-hybridized carbons (Fsp3) is 0.625. The third-order valence-electron chi connectivity index (χ3n) is 4.07. The molecule has 1 fully saturated rings. The average molecular weight is 289 g/mol. The molecule has 1 aromatic heterocycles. The molecule has 0 saturated heterocycles. The fourth-order valence-electron chi connectivity index (χ4n) is 2.62. The van der Waals surface area contributed by atoms with Crippen LogP contribution in [-0.2, 0) is 13.6 Å². The summed E-state index contributed by atoms with van der Waals surface area (Å²) in [7, 11) is 1.99. The lowest BCUT2D eigenvalue weighted by molar-refractivity contribution is 0.329. The third-order valence-corrected chi connectivity index (χ3v) is 4.07. The van der Waals surface area contributed by atoms with Gasteiger partial charge in [-0.25, -0.2) is 9.98 Å². The van der Waals surface area contributed by atoms with Crippen LogP contribution >= 0.6 is 0 Å². The number of aliphatic imine (C=N–C) groups is 1. The Kier molecular flexibility index (Phi) is 5.84. The van der Waals surface area contributed by atoms with Gasteiger partial charge in [0, 0.05) is 32.0 Å². The molecule has 1 aromatic rings. The molecule has 0 radical (unpaired) electrons. The van der Waals surface area contributed by atoms with Crippen molar-refractivity contribution in [3.63, 3.8) is 0 Å². The van der Waals surface area contributed by atoms with E-state index in [0.717, 1.165) is 24.2 Å². The number of aromatic nitrogens is 2. The maximum atomic E-state index is 4.64. The highest BCUT2D eigenvalue weighted by Gasteiger charge is 2.18. The van der Waals surface area contributed by atoms with E-state index in [-0.39, 0.29) is 0 Å². The van der Waals surface area contributed by atoms with Gasteiger partial charge in [0.25, 0.3) is 0 Å². The molecule has 21 heavy (non-hydrogen) atoms. The molecule has 0 spiro atoms. The van der Waals surface area contributed by atoms with Crippen molar-refractivity contribution < 1.29 is 0 Å². The monoisotopic (exact) mass is 289 g/mol. The van der Waals surface area contributed by atoms with Gasteiger partial charge in [-0.05, 0) is 31.6 Å². The van der Waals surface area contributed by atoms with Crippen molar-refractivity contribution in [3.8, 4) is 0 Å². The third kappa shape index (κ3) is 4.92. The number of rotatable bonds is 5. The van der Waals surface area contributed by atoms with Crippen molar-refractivity contribution in [1.82, 2.24) is 20.2 Å². The van der Waals surface area contributed by atoms with Crippen LogP contribution in [-0.4, -0.2) is 28.1 Å². The van der Waals surface area contributed by atoms with E-state index in [1.807, 2.05) is 23.9 Å². The zero-order valence-electron chi connectivity index (χ0n) is 13.2. The molecule has 116 valence electrons. The first kappa shape index (κ1) is 15.6. The standard InChI is InChI=1S/C16H27N5/c1-4-9-18-16(19-12-15-17-10-11-21(15)3)20-14-7-5-13(2)6-8-14/h4,10-11,13-14H,1,5-9,12H2,2-3H3,(H2,18,19,20). The highest BCUT2D eigenvalue weighted by atomic mass is 15.2. The maximum absolute atomic E-state index is 4.64. The van der Waals surface area contributed by atoms with Gasteiger partial charge in [0.05, 0.1) is 0 Å². The fourth-order valence-corrected chi connectivity index (χ4v) is 2.62. The second kappa shape index (κ2) is 7.86. The van der Waals surface area contributed by atoms with Gasteiger partial charge in [-0.15, -0.1) is 6.58 Å². The molecule has 1 aliphatic carbocycles. The molecule has 5 nitrogen and oxygen atoms in total. The highest BCUT2D eigenvalue weighted by Crippen LogP contribution is 2.23. The smallest absolute Gasteiger partial charge is 0.192 e. The zero-order chi connectivity index (χ0) is 15.1. The summed E-state index contributed by atoms with van der Waals surface area (Å²) in [6, 6.07) is 0.527. The number of guanidine groups is 1. The van der Waals surface area contributed by atoms with E-state index in [9.17, 15) is 0 Å². The summed E-state index contributed by atoms with van der Waals surface area (Å²) < 4.78 is 2.00. The van der Waals surface area contributed by atoms with E-state index in [1.54, 1.807) is 6.20 Å². The molecule has 2 rings (SSSR count). The maximum Gasteiger partial charge on any atom is 0.192 e. The van der Waals surface area contributed by atoms with Crippen molar-refractivity contribution in [2.45, 2.75) is 45.2 Å². The lowest BCUT2D eigenvalue weighted by atomic mass is 9.87. The Morgan fingerprint density at radius 3 is 2.86 bits per heavy atom. The topological polar surface area (TPSA) is 54.2 Å². The Labute approximate surface area is 127 Å². The molecule has 1 heterocycles. The zero-order valence-corrected chi connectivity index (χ0v) is 13.2. The number of nitrogens with zero attached hydrogens (tertiary/aromatic N) is 3. The first-order valence-electron chi connectivity index (χ1n) is 7.81. The molecule has 1 saturated carbocycles. The van der Waals surface area contributed by atoms with Gasteiger partial charge in [-0.1, -0.05) is 13.0 Å². The summed E-state index contributed by atoms with van der Waals surface area (Å²) in [4.78, 5) is 8.95. The number of hydrogen-bond acceptors (Lipinski definition) is 2. The molecule has 0 aliphatic heterocycles. The van der Waals surface area contributed by atoms with Crippen molar-refractivity contribution in [2.24, 2.45) is 18.0 Å². The normalized spacial score (nSPS) is 22.9. The Morgan fingerprint density at radius 1 is 1.48 bits per heavy atom. The summed E-state index contributed by atoms with van der Waals surface area (Å²) in [5, 5.41) is 6.84. The van der Waals surface area contributed by atoms with Gasteiger partial charge < -0.3 is 15.2 Å². The quantitative estimate of drug-likeness (QED) is 0.496. The van der Waals surface area contributed by atoms with Crippen molar-refractivity contribution in [3.05, 3.63) is 30.9 Å². The van der Waals surface area contributed by atoms with Gasteiger partial charge in [0.15, 0.2) is 5.96 Å². The molecule has 0 amide bonds. The minimum Gasteiger partial charge on any atom is -0.354 e. The average Bonchev–Trinajstić information content (AvgIpc) is 2.89. The number of aryl methyl sites for hydroxylation is 1. The lowest BCUT2D eigenvalue weighted by Crippen LogP contribution is -2.44. The van der Waals surface area contributed by atoms with Crippen LogP contribution in [0.3, 0.4) is 0 Å². The number of nitrogens with one attached hydrogen (secondary N) is 2. The first-order valence-corrected chi connectivity index (χ1v) is 7.81. The minimum absolute atomic E-state index is 0.527.